The summed E-state index contributed by atoms with van der Waals surface area (Å²) in [7, 11) is -4.27. The Morgan fingerprint density at radius 3 is 1.20 bits per heavy atom. The largest absolute Gasteiger partial charge is 0.294 e. The van der Waals surface area contributed by atoms with Gasteiger partial charge in [0.2, 0.25) is 0 Å². The summed E-state index contributed by atoms with van der Waals surface area (Å²) in [5.74, 6) is 0. The summed E-state index contributed by atoms with van der Waals surface area (Å²) in [5.41, 5.74) is 1.87. The minimum atomic E-state index is -4.27. The van der Waals surface area contributed by atoms with E-state index in [9.17, 15) is 13.0 Å². The van der Waals surface area contributed by atoms with Gasteiger partial charge >= 0.3 is 0 Å². The molecule has 44 heavy (non-hydrogen) atoms. The third-order valence-electron chi connectivity index (χ3n) is 9.56. The predicted molar refractivity (Wildman–Crippen MR) is 193 cm³/mol. The van der Waals surface area contributed by atoms with E-state index in [0.29, 0.717) is 6.42 Å². The Labute approximate surface area is 273 Å². The molecule has 0 bridgehead atoms. The van der Waals surface area contributed by atoms with Crippen molar-refractivity contribution in [1.82, 2.24) is 0 Å². The SMILES string of the molecule is CCCCCCCCCCCCCCCc1cc(S(=O)(=O)O)c(CCCCCCCCCCCCCCC)c2ccccc12. The molecule has 0 amide bonds. The lowest BCUT2D eigenvalue weighted by Crippen LogP contribution is -2.06. The molecule has 0 saturated heterocycles. The molecular weight excluding hydrogens is 561 g/mol. The van der Waals surface area contributed by atoms with Crippen LogP contribution in [-0.2, 0) is 23.0 Å². The van der Waals surface area contributed by atoms with E-state index in [1.54, 1.807) is 6.07 Å². The van der Waals surface area contributed by atoms with Crippen LogP contribution in [0.5, 0.6) is 0 Å². The summed E-state index contributed by atoms with van der Waals surface area (Å²) in [6.07, 6.45) is 35.5. The molecule has 0 radical (unpaired) electrons. The molecule has 0 aromatic heterocycles. The van der Waals surface area contributed by atoms with E-state index in [1.165, 1.54) is 148 Å². The molecule has 0 spiro atoms. The summed E-state index contributed by atoms with van der Waals surface area (Å²) in [6.45, 7) is 4.55. The van der Waals surface area contributed by atoms with E-state index < -0.39 is 10.1 Å². The zero-order valence-corrected chi connectivity index (χ0v) is 29.7. The van der Waals surface area contributed by atoms with E-state index in [4.69, 9.17) is 0 Å². The molecule has 0 aliphatic heterocycles. The van der Waals surface area contributed by atoms with Gasteiger partial charge in [0, 0.05) is 0 Å². The quantitative estimate of drug-likeness (QED) is 0.0720. The number of hydrogen-bond donors (Lipinski definition) is 1. The molecule has 0 aliphatic carbocycles. The Kier molecular flexibility index (Phi) is 21.9. The molecule has 2 rings (SSSR count). The molecule has 0 unspecified atom stereocenters. The van der Waals surface area contributed by atoms with Crippen molar-refractivity contribution < 1.29 is 13.0 Å². The maximum absolute atomic E-state index is 12.5. The summed E-state index contributed by atoms with van der Waals surface area (Å²) in [6, 6.07) is 10.0. The standard InChI is InChI=1S/C40H68O3S/c1-3-5-7-9-11-13-15-17-19-21-23-25-27-31-36-35-40(44(41,42)43)39(38-33-30-29-32-37(36)38)34-28-26-24-22-20-18-16-14-12-10-8-6-4-2/h29-30,32-33,35H,3-28,31,34H2,1-2H3,(H,41,42,43). The molecule has 4 heteroatoms. The van der Waals surface area contributed by atoms with Crippen LogP contribution in [0.2, 0.25) is 0 Å². The van der Waals surface area contributed by atoms with Crippen LogP contribution in [0.3, 0.4) is 0 Å². The number of unbranched alkanes of at least 4 members (excludes halogenated alkanes) is 24. The molecule has 0 aliphatic rings. The summed E-state index contributed by atoms with van der Waals surface area (Å²) < 4.78 is 35.3. The van der Waals surface area contributed by atoms with Gasteiger partial charge in [-0.25, -0.2) is 0 Å². The van der Waals surface area contributed by atoms with Crippen molar-refractivity contribution in [3.63, 3.8) is 0 Å². The van der Waals surface area contributed by atoms with Gasteiger partial charge in [0.25, 0.3) is 10.1 Å². The monoisotopic (exact) mass is 628 g/mol. The Morgan fingerprint density at radius 1 is 0.477 bits per heavy atom. The zero-order chi connectivity index (χ0) is 31.7. The lowest BCUT2D eigenvalue weighted by atomic mass is 9.93. The van der Waals surface area contributed by atoms with Gasteiger partial charge in [-0.15, -0.1) is 0 Å². The summed E-state index contributed by atoms with van der Waals surface area (Å²) >= 11 is 0. The molecule has 0 atom stereocenters. The van der Waals surface area contributed by atoms with Crippen LogP contribution in [-0.4, -0.2) is 13.0 Å². The number of rotatable bonds is 29. The summed E-state index contributed by atoms with van der Waals surface area (Å²) in [4.78, 5) is 0.139. The Balaban J connectivity index is 1.75. The molecule has 0 heterocycles. The average molecular weight is 629 g/mol. The smallest absolute Gasteiger partial charge is 0.282 e. The molecule has 2 aromatic carbocycles. The Bertz CT molecular complexity index is 1090. The number of hydrogen-bond acceptors (Lipinski definition) is 2. The first kappa shape index (κ1) is 38.8. The van der Waals surface area contributed by atoms with E-state index in [0.717, 1.165) is 47.6 Å². The highest BCUT2D eigenvalue weighted by Gasteiger charge is 2.20. The first-order valence-corrected chi connectivity index (χ1v) is 20.4. The van der Waals surface area contributed by atoms with Crippen LogP contribution in [0.4, 0.5) is 0 Å². The number of benzene rings is 2. The van der Waals surface area contributed by atoms with Gasteiger partial charge in [0.05, 0.1) is 4.90 Å². The first-order valence-electron chi connectivity index (χ1n) is 19.0. The van der Waals surface area contributed by atoms with E-state index >= 15 is 0 Å². The lowest BCUT2D eigenvalue weighted by Gasteiger charge is -2.16. The molecular formula is C40H68O3S. The van der Waals surface area contributed by atoms with E-state index in [-0.39, 0.29) is 4.90 Å². The topological polar surface area (TPSA) is 54.4 Å². The van der Waals surface area contributed by atoms with Crippen LogP contribution in [0.15, 0.2) is 35.2 Å². The van der Waals surface area contributed by atoms with E-state index in [1.807, 2.05) is 6.07 Å². The Morgan fingerprint density at radius 2 is 0.818 bits per heavy atom. The van der Waals surface area contributed by atoms with Gasteiger partial charge in [0.15, 0.2) is 0 Å². The van der Waals surface area contributed by atoms with Gasteiger partial charge in [-0.1, -0.05) is 192 Å². The van der Waals surface area contributed by atoms with Crippen molar-refractivity contribution in [2.45, 2.75) is 199 Å². The van der Waals surface area contributed by atoms with Crippen LogP contribution in [0, 0.1) is 0 Å². The van der Waals surface area contributed by atoms with Crippen molar-refractivity contribution in [2.24, 2.45) is 0 Å². The van der Waals surface area contributed by atoms with Crippen molar-refractivity contribution in [3.8, 4) is 0 Å². The van der Waals surface area contributed by atoms with Crippen LogP contribution >= 0.6 is 0 Å². The highest BCUT2D eigenvalue weighted by molar-refractivity contribution is 7.85. The Hall–Kier alpha value is -1.39. The van der Waals surface area contributed by atoms with E-state index in [2.05, 4.69) is 32.0 Å². The number of aryl methyl sites for hydroxylation is 2. The van der Waals surface area contributed by atoms with Crippen molar-refractivity contribution in [1.29, 1.82) is 0 Å². The molecule has 3 nitrogen and oxygen atoms in total. The van der Waals surface area contributed by atoms with Crippen LogP contribution in [0.25, 0.3) is 10.8 Å². The third-order valence-corrected chi connectivity index (χ3v) is 10.5. The maximum atomic E-state index is 12.5. The fourth-order valence-corrected chi connectivity index (χ4v) is 7.64. The van der Waals surface area contributed by atoms with Crippen molar-refractivity contribution in [2.75, 3.05) is 0 Å². The van der Waals surface area contributed by atoms with Gasteiger partial charge in [-0.05, 0) is 53.6 Å². The maximum Gasteiger partial charge on any atom is 0.294 e. The van der Waals surface area contributed by atoms with Gasteiger partial charge in [-0.2, -0.15) is 8.42 Å². The fraction of sp³-hybridized carbons (Fsp3) is 0.750. The van der Waals surface area contributed by atoms with Crippen LogP contribution < -0.4 is 0 Å². The average Bonchev–Trinajstić information content (AvgIpc) is 3.01. The van der Waals surface area contributed by atoms with Crippen molar-refractivity contribution in [3.05, 3.63) is 41.5 Å². The molecule has 252 valence electrons. The minimum absolute atomic E-state index is 0.139. The second-order valence-corrected chi connectivity index (χ2v) is 14.9. The number of fused-ring (bicyclic) bond motifs is 1. The highest BCUT2D eigenvalue weighted by atomic mass is 32.2. The molecule has 1 N–H and O–H groups in total. The second kappa shape index (κ2) is 24.8. The third kappa shape index (κ3) is 16.8. The van der Waals surface area contributed by atoms with Crippen molar-refractivity contribution >= 4 is 20.9 Å². The highest BCUT2D eigenvalue weighted by Crippen LogP contribution is 2.32. The molecule has 0 saturated carbocycles. The normalized spacial score (nSPS) is 12.0. The zero-order valence-electron chi connectivity index (χ0n) is 28.9. The molecule has 2 aromatic rings. The summed E-state index contributed by atoms with van der Waals surface area (Å²) in [5, 5.41) is 2.16. The second-order valence-electron chi connectivity index (χ2n) is 13.5. The van der Waals surface area contributed by atoms with Gasteiger partial charge in [0.1, 0.15) is 0 Å². The first-order chi connectivity index (χ1) is 21.5. The lowest BCUT2D eigenvalue weighted by molar-refractivity contribution is 0.481. The van der Waals surface area contributed by atoms with Gasteiger partial charge < -0.3 is 0 Å². The van der Waals surface area contributed by atoms with Gasteiger partial charge in [-0.3, -0.25) is 4.55 Å². The van der Waals surface area contributed by atoms with Crippen LogP contribution in [0.1, 0.15) is 192 Å². The molecule has 0 fully saturated rings. The predicted octanol–water partition coefficient (Wildman–Crippen LogP) is 13.4. The fourth-order valence-electron chi connectivity index (χ4n) is 6.83. The minimum Gasteiger partial charge on any atom is -0.282 e.